The molecule has 4 rings (SSSR count). The molecule has 0 aliphatic carbocycles. The van der Waals surface area contributed by atoms with Gasteiger partial charge in [0, 0.05) is 31.4 Å². The van der Waals surface area contributed by atoms with Gasteiger partial charge in [-0.1, -0.05) is 46.6 Å². The Morgan fingerprint density at radius 2 is 1.41 bits per heavy atom. The van der Waals surface area contributed by atoms with Crippen LogP contribution in [0.1, 0.15) is 5.56 Å². The van der Waals surface area contributed by atoms with E-state index in [4.69, 9.17) is 34.8 Å². The van der Waals surface area contributed by atoms with Crippen LogP contribution in [0.25, 0.3) is 10.8 Å². The normalized spacial score (nSPS) is 12.3. The largest absolute Gasteiger partial charge is 1.00 e. The Kier molecular flexibility index (Phi) is 12.2. The first-order valence-electron chi connectivity index (χ1n) is 10.3. The molecule has 2 N–H and O–H groups in total. The Bertz CT molecular complexity index is 1940. The SMILES string of the molecule is O=S(=O)(O)c1cc2c(S(=O)(=O)O)ccc(N=C([O-])c3cc(Cl)ccc3Cl)c2c([O-])c1N=Nc1cccc(Cl)c1.[Na+].[Na+]. The summed E-state index contributed by atoms with van der Waals surface area (Å²) in [4.78, 5) is 1.83. The number of fused-ring (bicyclic) bond motifs is 1. The van der Waals surface area contributed by atoms with Gasteiger partial charge in [-0.05, 0) is 60.5 Å². The van der Waals surface area contributed by atoms with Crippen molar-refractivity contribution in [1.29, 1.82) is 0 Å². The third-order valence-corrected chi connectivity index (χ3v) is 7.72. The van der Waals surface area contributed by atoms with Crippen LogP contribution in [0.5, 0.6) is 5.75 Å². The second-order valence-electron chi connectivity index (χ2n) is 7.73. The molecule has 202 valence electrons. The molecule has 0 amide bonds. The number of benzene rings is 4. The van der Waals surface area contributed by atoms with Crippen LogP contribution in [-0.2, 0) is 20.2 Å². The van der Waals surface area contributed by atoms with Gasteiger partial charge in [-0.3, -0.25) is 14.1 Å². The molecule has 0 unspecified atom stereocenters. The number of hydrogen-bond donors (Lipinski definition) is 2. The van der Waals surface area contributed by atoms with Gasteiger partial charge in [0.2, 0.25) is 0 Å². The first kappa shape index (κ1) is 35.9. The van der Waals surface area contributed by atoms with E-state index in [0.29, 0.717) is 6.07 Å². The van der Waals surface area contributed by atoms with E-state index < -0.39 is 63.8 Å². The summed E-state index contributed by atoms with van der Waals surface area (Å²) in [6.45, 7) is 0. The molecular formula is C23H12Cl3N3Na2O8S2. The molecule has 18 heteroatoms. The monoisotopic (exact) mass is 673 g/mol. The molecule has 4 aromatic rings. The molecule has 0 radical (unpaired) electrons. The van der Waals surface area contributed by atoms with Gasteiger partial charge in [-0.25, -0.2) is 0 Å². The average Bonchev–Trinajstić information content (AvgIpc) is 2.83. The second kappa shape index (κ2) is 14.0. The van der Waals surface area contributed by atoms with E-state index in [1.165, 1.54) is 42.5 Å². The fourth-order valence-electron chi connectivity index (χ4n) is 3.49. The zero-order valence-corrected chi connectivity index (χ0v) is 28.8. The number of halogens is 3. The van der Waals surface area contributed by atoms with Gasteiger partial charge in [0.15, 0.2) is 0 Å². The van der Waals surface area contributed by atoms with Crippen molar-refractivity contribution in [2.75, 3.05) is 0 Å². The third-order valence-electron chi connectivity index (χ3n) is 5.14. The summed E-state index contributed by atoms with van der Waals surface area (Å²) in [5, 5.41) is 33.0. The Labute approximate surface area is 293 Å². The summed E-state index contributed by atoms with van der Waals surface area (Å²) in [5.41, 5.74) is -1.41. The van der Waals surface area contributed by atoms with Crippen molar-refractivity contribution in [1.82, 2.24) is 0 Å². The summed E-state index contributed by atoms with van der Waals surface area (Å²) >= 11 is 17.9. The van der Waals surface area contributed by atoms with Crippen LogP contribution in [0, 0.1) is 0 Å². The maximum absolute atomic E-state index is 13.6. The minimum Gasteiger partial charge on any atom is -0.870 e. The molecular weight excluding hydrogens is 663 g/mol. The van der Waals surface area contributed by atoms with Gasteiger partial charge in [-0.2, -0.15) is 21.9 Å². The van der Waals surface area contributed by atoms with Crippen LogP contribution in [0.2, 0.25) is 15.1 Å². The molecule has 4 aromatic carbocycles. The van der Waals surface area contributed by atoms with Crippen molar-refractivity contribution >= 4 is 88.8 Å². The van der Waals surface area contributed by atoms with Crippen LogP contribution in [0.4, 0.5) is 17.1 Å². The molecule has 0 bridgehead atoms. The number of hydrogen-bond acceptors (Lipinski definition) is 9. The summed E-state index contributed by atoms with van der Waals surface area (Å²) < 4.78 is 67.9. The molecule has 0 heterocycles. The van der Waals surface area contributed by atoms with Crippen molar-refractivity contribution in [3.05, 3.63) is 81.3 Å². The van der Waals surface area contributed by atoms with Gasteiger partial charge < -0.3 is 10.2 Å². The van der Waals surface area contributed by atoms with Crippen molar-refractivity contribution in [2.45, 2.75) is 9.79 Å². The predicted octanol–water partition coefficient (Wildman–Crippen LogP) is -0.771. The molecule has 0 aromatic heterocycles. The molecule has 41 heavy (non-hydrogen) atoms. The minimum absolute atomic E-state index is 0. The van der Waals surface area contributed by atoms with Crippen molar-refractivity contribution in [2.24, 2.45) is 15.2 Å². The quantitative estimate of drug-likeness (QED) is 0.0876. The zero-order valence-electron chi connectivity index (χ0n) is 20.9. The molecule has 11 nitrogen and oxygen atoms in total. The average molecular weight is 675 g/mol. The number of aliphatic imine (C=N–C) groups is 1. The van der Waals surface area contributed by atoms with Crippen LogP contribution in [-0.4, -0.2) is 31.8 Å². The first-order valence-corrected chi connectivity index (χ1v) is 14.3. The van der Waals surface area contributed by atoms with Gasteiger partial charge >= 0.3 is 59.1 Å². The number of nitrogens with zero attached hydrogens (tertiary/aromatic N) is 3. The van der Waals surface area contributed by atoms with E-state index >= 15 is 0 Å². The van der Waals surface area contributed by atoms with E-state index in [1.54, 1.807) is 0 Å². The first-order chi connectivity index (χ1) is 18.2. The predicted molar refractivity (Wildman–Crippen MR) is 141 cm³/mol. The maximum atomic E-state index is 13.6. The Morgan fingerprint density at radius 1 is 0.780 bits per heavy atom. The Morgan fingerprint density at radius 3 is 2.02 bits per heavy atom. The molecule has 0 fully saturated rings. The molecule has 0 aliphatic rings. The number of rotatable bonds is 6. The topological polar surface area (TPSA) is 192 Å². The minimum atomic E-state index is -5.20. The van der Waals surface area contributed by atoms with E-state index in [-0.39, 0.29) is 85.4 Å². The van der Waals surface area contributed by atoms with Crippen molar-refractivity contribution in [3.8, 4) is 5.75 Å². The number of azo groups is 1. The molecule has 0 spiro atoms. The molecule has 0 aliphatic heterocycles. The third kappa shape index (κ3) is 8.21. The van der Waals surface area contributed by atoms with Crippen molar-refractivity contribution in [3.63, 3.8) is 0 Å². The fraction of sp³-hybridized carbons (Fsp3) is 0. The van der Waals surface area contributed by atoms with Crippen LogP contribution in [0.3, 0.4) is 0 Å². The Balaban J connectivity index is 0.00000294. The molecule has 0 saturated heterocycles. The van der Waals surface area contributed by atoms with Gasteiger partial charge in [0.1, 0.15) is 9.79 Å². The van der Waals surface area contributed by atoms with Crippen LogP contribution >= 0.6 is 34.8 Å². The van der Waals surface area contributed by atoms with E-state index in [1.807, 2.05) is 0 Å². The summed E-state index contributed by atoms with van der Waals surface area (Å²) in [5.74, 6) is -2.26. The molecule has 0 atom stereocenters. The van der Waals surface area contributed by atoms with Gasteiger partial charge in [0.25, 0.3) is 20.2 Å². The van der Waals surface area contributed by atoms with Crippen molar-refractivity contribution < 1.29 is 95.3 Å². The van der Waals surface area contributed by atoms with E-state index in [2.05, 4.69) is 15.2 Å². The van der Waals surface area contributed by atoms with Crippen LogP contribution < -0.4 is 69.3 Å². The fourth-order valence-corrected chi connectivity index (χ4v) is 5.37. The maximum Gasteiger partial charge on any atom is 1.00 e. The smallest absolute Gasteiger partial charge is 0.870 e. The Hall–Kier alpha value is -1.30. The van der Waals surface area contributed by atoms with Gasteiger partial charge in [-0.15, -0.1) is 5.11 Å². The zero-order chi connectivity index (χ0) is 28.7. The van der Waals surface area contributed by atoms with E-state index in [0.717, 1.165) is 12.1 Å². The molecule has 0 saturated carbocycles. The van der Waals surface area contributed by atoms with E-state index in [9.17, 15) is 36.2 Å². The second-order valence-corrected chi connectivity index (χ2v) is 11.8. The van der Waals surface area contributed by atoms with Gasteiger partial charge in [0.05, 0.1) is 17.1 Å². The summed E-state index contributed by atoms with van der Waals surface area (Å²) in [7, 11) is -10.2. The standard InChI is InChI=1S/C23H14Cl3N3O8S2.2Na/c24-11-2-1-3-13(8-11)28-29-21-19(39(35,36)37)10-15-18(38(32,33)34)7-6-17(20(15)22(21)30)27-23(31)14-9-12(25)4-5-16(14)26;;/h1-10,30H,(H,27,31)(H,32,33,34)(H,35,36,37);;/q;2*+1/p-2. The summed E-state index contributed by atoms with van der Waals surface area (Å²) in [6, 6.07) is 12.1. The van der Waals surface area contributed by atoms with Crippen LogP contribution in [0.15, 0.2) is 85.7 Å². The summed E-state index contributed by atoms with van der Waals surface area (Å²) in [6.07, 6.45) is 0.